The molecule has 5 rings (SSSR count). The standard InChI is InChI=1S/C24H33N7O2/c1-24(2,3)33-23(32)30-10-6-7-16(15-30)20-11-21(28-18-8-4-5-9-18)31-22(29-20)19(14-27-31)17-12-25-26-13-17/h11-14,16,18,28H,4-10,15H2,1-3H3,(H,25,26). The number of aromatic nitrogens is 5. The van der Waals surface area contributed by atoms with Crippen LogP contribution >= 0.6 is 0 Å². The van der Waals surface area contributed by atoms with Crippen molar-refractivity contribution in [1.82, 2.24) is 29.7 Å². The Kier molecular flexibility index (Phi) is 5.72. The molecule has 0 aromatic carbocycles. The van der Waals surface area contributed by atoms with Crippen molar-refractivity contribution >= 4 is 17.6 Å². The first-order valence-electron chi connectivity index (χ1n) is 12.0. The van der Waals surface area contributed by atoms with Crippen molar-refractivity contribution in [2.75, 3.05) is 18.4 Å². The average molecular weight is 452 g/mol. The molecule has 4 heterocycles. The van der Waals surface area contributed by atoms with E-state index in [0.29, 0.717) is 19.1 Å². The largest absolute Gasteiger partial charge is 0.444 e. The Morgan fingerprint density at radius 1 is 1.18 bits per heavy atom. The van der Waals surface area contributed by atoms with Gasteiger partial charge in [0.25, 0.3) is 0 Å². The number of ether oxygens (including phenoxy) is 1. The van der Waals surface area contributed by atoms with Crippen molar-refractivity contribution in [2.45, 2.75) is 76.9 Å². The van der Waals surface area contributed by atoms with Gasteiger partial charge in [0.15, 0.2) is 5.65 Å². The highest BCUT2D eigenvalue weighted by Crippen LogP contribution is 2.32. The monoisotopic (exact) mass is 451 g/mol. The van der Waals surface area contributed by atoms with Crippen LogP contribution in [0.5, 0.6) is 0 Å². The first kappa shape index (κ1) is 21.7. The van der Waals surface area contributed by atoms with E-state index in [4.69, 9.17) is 9.72 Å². The predicted octanol–water partition coefficient (Wildman–Crippen LogP) is 4.59. The van der Waals surface area contributed by atoms with Crippen LogP contribution in [0.1, 0.15) is 70.9 Å². The highest BCUT2D eigenvalue weighted by molar-refractivity contribution is 5.77. The zero-order valence-corrected chi connectivity index (χ0v) is 19.7. The van der Waals surface area contributed by atoms with Crippen LogP contribution in [0.2, 0.25) is 0 Å². The zero-order valence-electron chi connectivity index (χ0n) is 19.7. The Bertz CT molecular complexity index is 1110. The summed E-state index contributed by atoms with van der Waals surface area (Å²) < 4.78 is 7.53. The lowest BCUT2D eigenvalue weighted by Gasteiger charge is -2.34. The molecule has 2 N–H and O–H groups in total. The number of amides is 1. The normalized spacial score (nSPS) is 19.8. The van der Waals surface area contributed by atoms with Gasteiger partial charge in [-0.25, -0.2) is 9.78 Å². The fourth-order valence-electron chi connectivity index (χ4n) is 4.89. The van der Waals surface area contributed by atoms with Crippen molar-refractivity contribution in [3.63, 3.8) is 0 Å². The highest BCUT2D eigenvalue weighted by atomic mass is 16.6. The van der Waals surface area contributed by atoms with Crippen LogP contribution in [-0.4, -0.2) is 60.5 Å². The van der Waals surface area contributed by atoms with Crippen LogP contribution in [0, 0.1) is 0 Å². The van der Waals surface area contributed by atoms with Crippen molar-refractivity contribution in [1.29, 1.82) is 0 Å². The summed E-state index contributed by atoms with van der Waals surface area (Å²) in [5.74, 6) is 1.11. The molecule has 2 fully saturated rings. The Balaban J connectivity index is 1.49. The summed E-state index contributed by atoms with van der Waals surface area (Å²) in [4.78, 5) is 19.6. The first-order valence-corrected chi connectivity index (χ1v) is 12.0. The zero-order chi connectivity index (χ0) is 23.0. The van der Waals surface area contributed by atoms with E-state index in [1.54, 1.807) is 6.20 Å². The fraction of sp³-hybridized carbons (Fsp3) is 0.583. The molecule has 0 radical (unpaired) electrons. The molecule has 176 valence electrons. The molecule has 1 saturated heterocycles. The third kappa shape index (κ3) is 4.67. The molecule has 0 bridgehead atoms. The van der Waals surface area contributed by atoms with E-state index in [-0.39, 0.29) is 12.0 Å². The van der Waals surface area contributed by atoms with Gasteiger partial charge in [0.2, 0.25) is 0 Å². The molecule has 3 aromatic rings. The molecule has 1 amide bonds. The van der Waals surface area contributed by atoms with Gasteiger partial charge in [-0.1, -0.05) is 12.8 Å². The number of carbonyl (C=O) groups excluding carboxylic acids is 1. The minimum Gasteiger partial charge on any atom is -0.444 e. The lowest BCUT2D eigenvalue weighted by atomic mass is 9.94. The maximum absolute atomic E-state index is 12.7. The van der Waals surface area contributed by atoms with Crippen LogP contribution < -0.4 is 5.32 Å². The van der Waals surface area contributed by atoms with Gasteiger partial charge in [-0.15, -0.1) is 0 Å². The van der Waals surface area contributed by atoms with E-state index in [9.17, 15) is 4.79 Å². The minimum absolute atomic E-state index is 0.146. The highest BCUT2D eigenvalue weighted by Gasteiger charge is 2.30. The molecular weight excluding hydrogens is 418 g/mol. The lowest BCUT2D eigenvalue weighted by molar-refractivity contribution is 0.0197. The number of rotatable bonds is 4. The average Bonchev–Trinajstić information content (AvgIpc) is 3.54. The van der Waals surface area contributed by atoms with E-state index >= 15 is 0 Å². The van der Waals surface area contributed by atoms with Gasteiger partial charge in [-0.2, -0.15) is 14.7 Å². The van der Waals surface area contributed by atoms with Crippen LogP contribution in [0.4, 0.5) is 10.6 Å². The van der Waals surface area contributed by atoms with Gasteiger partial charge in [0, 0.05) is 48.4 Å². The van der Waals surface area contributed by atoms with Gasteiger partial charge in [-0.3, -0.25) is 5.10 Å². The summed E-state index contributed by atoms with van der Waals surface area (Å²) in [5.41, 5.74) is 3.20. The lowest BCUT2D eigenvalue weighted by Crippen LogP contribution is -2.42. The predicted molar refractivity (Wildman–Crippen MR) is 126 cm³/mol. The maximum atomic E-state index is 12.7. The smallest absolute Gasteiger partial charge is 0.410 e. The molecule has 3 aromatic heterocycles. The number of nitrogens with zero attached hydrogens (tertiary/aromatic N) is 5. The van der Waals surface area contributed by atoms with Crippen LogP contribution in [0.25, 0.3) is 16.8 Å². The quantitative estimate of drug-likeness (QED) is 0.602. The van der Waals surface area contributed by atoms with Gasteiger partial charge in [0.1, 0.15) is 11.4 Å². The first-order chi connectivity index (χ1) is 15.9. The van der Waals surface area contributed by atoms with Crippen molar-refractivity contribution in [3.8, 4) is 11.1 Å². The van der Waals surface area contributed by atoms with Crippen molar-refractivity contribution in [2.24, 2.45) is 0 Å². The van der Waals surface area contributed by atoms with Crippen LogP contribution in [0.3, 0.4) is 0 Å². The van der Waals surface area contributed by atoms with Crippen molar-refractivity contribution in [3.05, 3.63) is 30.4 Å². The number of piperidine rings is 1. The Labute approximate surface area is 193 Å². The SMILES string of the molecule is CC(C)(C)OC(=O)N1CCCC(c2cc(NC3CCCC3)n3ncc(-c4cn[nH]c4)c3n2)C1. The molecular formula is C24H33N7O2. The molecule has 9 nitrogen and oxygen atoms in total. The number of fused-ring (bicyclic) bond motifs is 1. The van der Waals surface area contributed by atoms with E-state index in [2.05, 4.69) is 26.7 Å². The van der Waals surface area contributed by atoms with Gasteiger partial charge < -0.3 is 15.0 Å². The third-order valence-electron chi connectivity index (χ3n) is 6.50. The van der Waals surface area contributed by atoms with Crippen LogP contribution in [0.15, 0.2) is 24.7 Å². The Hall–Kier alpha value is -3.10. The van der Waals surface area contributed by atoms with E-state index in [1.165, 1.54) is 25.7 Å². The number of carbonyl (C=O) groups is 1. The molecule has 1 saturated carbocycles. The summed E-state index contributed by atoms with van der Waals surface area (Å²) in [6.07, 6.45) is 12.0. The second-order valence-corrected chi connectivity index (χ2v) is 10.2. The number of aromatic amines is 1. The van der Waals surface area contributed by atoms with E-state index in [0.717, 1.165) is 41.1 Å². The molecule has 0 spiro atoms. The van der Waals surface area contributed by atoms with Gasteiger partial charge in [-0.05, 0) is 46.5 Å². The number of likely N-dealkylation sites (tertiary alicyclic amines) is 1. The number of H-pyrrole nitrogens is 1. The molecule has 9 heteroatoms. The Morgan fingerprint density at radius 2 is 2.00 bits per heavy atom. The molecule has 33 heavy (non-hydrogen) atoms. The molecule has 1 unspecified atom stereocenters. The third-order valence-corrected chi connectivity index (χ3v) is 6.50. The number of nitrogens with one attached hydrogen (secondary N) is 2. The number of hydrogen-bond donors (Lipinski definition) is 2. The summed E-state index contributed by atoms with van der Waals surface area (Å²) >= 11 is 0. The molecule has 1 aliphatic heterocycles. The van der Waals surface area contributed by atoms with E-state index < -0.39 is 5.60 Å². The number of anilines is 1. The van der Waals surface area contributed by atoms with E-state index in [1.807, 2.05) is 42.6 Å². The molecule has 2 aliphatic rings. The number of hydrogen-bond acceptors (Lipinski definition) is 6. The molecule has 1 aliphatic carbocycles. The Morgan fingerprint density at radius 3 is 2.73 bits per heavy atom. The summed E-state index contributed by atoms with van der Waals surface area (Å²) in [5, 5.41) is 15.4. The summed E-state index contributed by atoms with van der Waals surface area (Å²) in [6, 6.07) is 2.58. The summed E-state index contributed by atoms with van der Waals surface area (Å²) in [6.45, 7) is 7.03. The fourth-order valence-corrected chi connectivity index (χ4v) is 4.89. The topological polar surface area (TPSA) is 100 Å². The van der Waals surface area contributed by atoms with Gasteiger partial charge >= 0.3 is 6.09 Å². The van der Waals surface area contributed by atoms with Crippen LogP contribution in [-0.2, 0) is 4.74 Å². The molecule has 1 atom stereocenters. The summed E-state index contributed by atoms with van der Waals surface area (Å²) in [7, 11) is 0. The second-order valence-electron chi connectivity index (χ2n) is 10.2. The minimum atomic E-state index is -0.503. The van der Waals surface area contributed by atoms with Gasteiger partial charge in [0.05, 0.1) is 18.1 Å². The van der Waals surface area contributed by atoms with Crippen molar-refractivity contribution < 1.29 is 9.53 Å². The maximum Gasteiger partial charge on any atom is 0.410 e. The second kappa shape index (κ2) is 8.68.